The number of anilines is 1. The van der Waals surface area contributed by atoms with Gasteiger partial charge in [-0.15, -0.1) is 29.9 Å². The summed E-state index contributed by atoms with van der Waals surface area (Å²) in [5.74, 6) is -0.659. The lowest BCUT2D eigenvalue weighted by molar-refractivity contribution is -0.154. The lowest BCUT2D eigenvalue weighted by Gasteiger charge is -2.22. The van der Waals surface area contributed by atoms with Crippen LogP contribution >= 0.6 is 24.8 Å². The third-order valence-corrected chi connectivity index (χ3v) is 3.80. The van der Waals surface area contributed by atoms with Crippen molar-refractivity contribution in [1.29, 1.82) is 0 Å². The molecule has 1 saturated heterocycles. The molecule has 28 heavy (non-hydrogen) atoms. The molecule has 13 heteroatoms. The van der Waals surface area contributed by atoms with Gasteiger partial charge in [0.1, 0.15) is 0 Å². The van der Waals surface area contributed by atoms with Gasteiger partial charge < -0.3 is 15.4 Å². The third-order valence-electron chi connectivity index (χ3n) is 3.80. The van der Waals surface area contributed by atoms with E-state index in [1.807, 2.05) is 0 Å². The van der Waals surface area contributed by atoms with E-state index in [0.29, 0.717) is 5.69 Å². The van der Waals surface area contributed by atoms with E-state index in [1.54, 1.807) is 10.9 Å². The second kappa shape index (κ2) is 10.4. The molecule has 1 fully saturated rings. The molecule has 0 aliphatic carbocycles. The molecule has 0 unspecified atom stereocenters. The number of hydrogen-bond acceptors (Lipinski definition) is 6. The molecule has 1 aliphatic heterocycles. The van der Waals surface area contributed by atoms with Crippen LogP contribution in [0.3, 0.4) is 0 Å². The molecule has 2 aromatic heterocycles. The minimum atomic E-state index is -4.44. The van der Waals surface area contributed by atoms with Gasteiger partial charge in [0.25, 0.3) is 5.91 Å². The average Bonchev–Trinajstić information content (AvgIpc) is 3.11. The van der Waals surface area contributed by atoms with Gasteiger partial charge in [-0.05, 0) is 32.0 Å². The first kappa shape index (κ1) is 23.9. The Morgan fingerprint density at radius 3 is 2.61 bits per heavy atom. The van der Waals surface area contributed by atoms with Crippen molar-refractivity contribution in [1.82, 2.24) is 25.3 Å². The zero-order valence-corrected chi connectivity index (χ0v) is 16.1. The van der Waals surface area contributed by atoms with E-state index in [0.717, 1.165) is 25.9 Å². The lowest BCUT2D eigenvalue weighted by Crippen LogP contribution is -2.29. The molecule has 2 aromatic rings. The Balaban J connectivity index is 0.00000196. The van der Waals surface area contributed by atoms with Gasteiger partial charge in [-0.25, -0.2) is 9.67 Å². The molecule has 0 spiro atoms. The second-order valence-electron chi connectivity index (χ2n) is 5.81. The molecule has 2 N–H and O–H groups in total. The fraction of sp³-hybridized carbons (Fsp3) is 0.467. The van der Waals surface area contributed by atoms with Crippen molar-refractivity contribution in [3.8, 4) is 5.88 Å². The minimum Gasteiger partial charge on any atom is -0.468 e. The Bertz CT molecular complexity index is 751. The summed E-state index contributed by atoms with van der Waals surface area (Å²) in [5, 5.41) is 13.7. The predicted molar refractivity (Wildman–Crippen MR) is 99.4 cm³/mol. The monoisotopic (exact) mass is 442 g/mol. The number of rotatable bonds is 5. The van der Waals surface area contributed by atoms with E-state index in [4.69, 9.17) is 0 Å². The summed E-state index contributed by atoms with van der Waals surface area (Å²) in [5.41, 5.74) is 0.465. The van der Waals surface area contributed by atoms with Gasteiger partial charge >= 0.3 is 6.18 Å². The number of carbonyl (C=O) groups is 1. The maximum atomic E-state index is 12.2. The fourth-order valence-corrected chi connectivity index (χ4v) is 2.52. The summed E-state index contributed by atoms with van der Waals surface area (Å²) >= 11 is 0. The SMILES string of the molecule is Cl.Cl.O=C(Nc1ccc(OCC(F)(F)F)nc1)c1cn(C2CCNCC2)nn1. The molecular formula is C15H19Cl2F3N6O2. The van der Waals surface area contributed by atoms with Crippen LogP contribution in [0.5, 0.6) is 5.88 Å². The number of nitrogens with one attached hydrogen (secondary N) is 2. The Hall–Kier alpha value is -2.11. The average molecular weight is 443 g/mol. The molecule has 3 rings (SSSR count). The van der Waals surface area contributed by atoms with E-state index in [2.05, 4.69) is 30.7 Å². The number of alkyl halides is 3. The summed E-state index contributed by atoms with van der Waals surface area (Å²) in [4.78, 5) is 15.9. The second-order valence-corrected chi connectivity index (χ2v) is 5.81. The van der Waals surface area contributed by atoms with Crippen molar-refractivity contribution in [2.75, 3.05) is 25.0 Å². The Kier molecular flexibility index (Phi) is 8.92. The number of amides is 1. The van der Waals surface area contributed by atoms with Crippen LogP contribution in [0.1, 0.15) is 29.4 Å². The van der Waals surface area contributed by atoms with Crippen molar-refractivity contribution >= 4 is 36.4 Å². The van der Waals surface area contributed by atoms with Crippen LogP contribution in [0, 0.1) is 0 Å². The van der Waals surface area contributed by atoms with Crippen molar-refractivity contribution in [3.05, 3.63) is 30.2 Å². The molecule has 0 atom stereocenters. The predicted octanol–water partition coefficient (Wildman–Crippen LogP) is 2.63. The normalized spacial score (nSPS) is 14.5. The van der Waals surface area contributed by atoms with Gasteiger partial charge in [0.05, 0.1) is 24.1 Å². The first-order chi connectivity index (χ1) is 12.4. The first-order valence-electron chi connectivity index (χ1n) is 8.00. The first-order valence-corrected chi connectivity index (χ1v) is 8.00. The van der Waals surface area contributed by atoms with Crippen LogP contribution in [0.2, 0.25) is 0 Å². The summed E-state index contributed by atoms with van der Waals surface area (Å²) in [6, 6.07) is 2.85. The van der Waals surface area contributed by atoms with E-state index >= 15 is 0 Å². The van der Waals surface area contributed by atoms with Gasteiger partial charge in [0.15, 0.2) is 12.3 Å². The Labute approximate surface area is 171 Å². The van der Waals surface area contributed by atoms with Crippen molar-refractivity contribution in [2.45, 2.75) is 25.1 Å². The van der Waals surface area contributed by atoms with Crippen LogP contribution < -0.4 is 15.4 Å². The number of carbonyl (C=O) groups excluding carboxylic acids is 1. The molecule has 1 amide bonds. The molecular weight excluding hydrogens is 424 g/mol. The van der Waals surface area contributed by atoms with Crippen LogP contribution in [-0.2, 0) is 0 Å². The molecule has 0 saturated carbocycles. The van der Waals surface area contributed by atoms with Gasteiger partial charge in [-0.2, -0.15) is 13.2 Å². The van der Waals surface area contributed by atoms with Gasteiger partial charge in [-0.1, -0.05) is 5.21 Å². The van der Waals surface area contributed by atoms with Crippen molar-refractivity contribution in [2.24, 2.45) is 0 Å². The highest BCUT2D eigenvalue weighted by Crippen LogP contribution is 2.19. The van der Waals surface area contributed by atoms with Gasteiger partial charge in [0, 0.05) is 6.07 Å². The lowest BCUT2D eigenvalue weighted by atomic mass is 10.1. The molecule has 3 heterocycles. The van der Waals surface area contributed by atoms with E-state index < -0.39 is 18.7 Å². The van der Waals surface area contributed by atoms with Crippen LogP contribution in [0.4, 0.5) is 18.9 Å². The Morgan fingerprint density at radius 1 is 1.29 bits per heavy atom. The largest absolute Gasteiger partial charge is 0.468 e. The van der Waals surface area contributed by atoms with Gasteiger partial charge in [-0.3, -0.25) is 4.79 Å². The number of nitrogens with zero attached hydrogens (tertiary/aromatic N) is 4. The summed E-state index contributed by atoms with van der Waals surface area (Å²) in [7, 11) is 0. The number of hydrogen-bond donors (Lipinski definition) is 2. The minimum absolute atomic E-state index is 0. The number of ether oxygens (including phenoxy) is 1. The highest BCUT2D eigenvalue weighted by atomic mass is 35.5. The number of halogens is 5. The molecule has 8 nitrogen and oxygen atoms in total. The van der Waals surface area contributed by atoms with Crippen LogP contribution in [0.15, 0.2) is 24.5 Å². The maximum Gasteiger partial charge on any atom is 0.422 e. The molecule has 1 aliphatic rings. The van der Waals surface area contributed by atoms with E-state index in [-0.39, 0.29) is 42.4 Å². The highest BCUT2D eigenvalue weighted by Gasteiger charge is 2.28. The fourth-order valence-electron chi connectivity index (χ4n) is 2.52. The molecule has 0 radical (unpaired) electrons. The zero-order chi connectivity index (χ0) is 18.6. The number of piperidine rings is 1. The standard InChI is InChI=1S/C15H17F3N6O2.2ClH/c16-15(17,18)9-26-13-2-1-10(7-20-13)21-14(25)12-8-24(23-22-12)11-3-5-19-6-4-11;;/h1-2,7-8,11,19H,3-6,9H2,(H,21,25);2*1H. The van der Waals surface area contributed by atoms with Crippen molar-refractivity contribution in [3.63, 3.8) is 0 Å². The summed E-state index contributed by atoms with van der Waals surface area (Å²) < 4.78 is 42.5. The Morgan fingerprint density at radius 2 is 2.00 bits per heavy atom. The van der Waals surface area contributed by atoms with E-state index in [9.17, 15) is 18.0 Å². The van der Waals surface area contributed by atoms with Crippen molar-refractivity contribution < 1.29 is 22.7 Å². The number of aromatic nitrogens is 4. The van der Waals surface area contributed by atoms with Gasteiger partial charge in [0.2, 0.25) is 5.88 Å². The van der Waals surface area contributed by atoms with Crippen LogP contribution in [-0.4, -0.2) is 51.8 Å². The molecule has 156 valence electrons. The molecule has 0 aromatic carbocycles. The topological polar surface area (TPSA) is 94.0 Å². The maximum absolute atomic E-state index is 12.2. The van der Waals surface area contributed by atoms with Crippen LogP contribution in [0.25, 0.3) is 0 Å². The molecule has 0 bridgehead atoms. The summed E-state index contributed by atoms with van der Waals surface area (Å²) in [6.07, 6.45) is 0.177. The zero-order valence-electron chi connectivity index (χ0n) is 14.5. The summed E-state index contributed by atoms with van der Waals surface area (Å²) in [6.45, 7) is 0.354. The quantitative estimate of drug-likeness (QED) is 0.738. The number of pyridine rings is 1. The smallest absolute Gasteiger partial charge is 0.422 e. The van der Waals surface area contributed by atoms with E-state index in [1.165, 1.54) is 18.3 Å². The highest BCUT2D eigenvalue weighted by molar-refractivity contribution is 6.02. The third kappa shape index (κ3) is 6.80.